The minimum absolute atomic E-state index is 0.129. The molecular weight excluding hydrogens is 608 g/mol. The summed E-state index contributed by atoms with van der Waals surface area (Å²) in [6.45, 7) is 7.83. The number of benzene rings is 2. The first-order chi connectivity index (χ1) is 21.3. The van der Waals surface area contributed by atoms with Crippen molar-refractivity contribution in [2.24, 2.45) is 0 Å². The molecule has 45 heavy (non-hydrogen) atoms. The van der Waals surface area contributed by atoms with Gasteiger partial charge in [0.1, 0.15) is 29.2 Å². The second kappa shape index (κ2) is 14.1. The molecule has 2 aromatic carbocycles. The number of carbonyl (C=O) groups is 2. The summed E-state index contributed by atoms with van der Waals surface area (Å²) >= 11 is 6.07. The minimum atomic E-state index is -1.19. The SMILES string of the molecule is C=CC(=O)Nc1cc(Nc2nccc(Nc3cc(Cl)c(F)cc3C(C)(C)OC=O)n2)c(OC)cc1N1C[C@H](F)C[C@@H]1CN(C)C. The van der Waals surface area contributed by atoms with E-state index in [0.29, 0.717) is 52.8 Å². The van der Waals surface area contributed by atoms with Crippen molar-refractivity contribution in [2.75, 3.05) is 55.1 Å². The number of methoxy groups -OCH3 is 1. The van der Waals surface area contributed by atoms with E-state index >= 15 is 0 Å². The third-order valence-corrected chi connectivity index (χ3v) is 7.52. The largest absolute Gasteiger partial charge is 0.494 e. The molecule has 0 aliphatic carbocycles. The Kier molecular flexibility index (Phi) is 10.5. The van der Waals surface area contributed by atoms with Gasteiger partial charge in [0.05, 0.1) is 29.2 Å². The Bertz CT molecular complexity index is 1570. The van der Waals surface area contributed by atoms with Crippen LogP contribution >= 0.6 is 11.6 Å². The topological polar surface area (TPSA) is 121 Å². The first-order valence-corrected chi connectivity index (χ1v) is 14.4. The Hall–Kier alpha value is -4.49. The number of carbonyl (C=O) groups excluding carboxylic acids is 2. The van der Waals surface area contributed by atoms with E-state index in [-0.39, 0.29) is 30.0 Å². The molecule has 2 atom stereocenters. The molecule has 4 rings (SSSR count). The fourth-order valence-corrected chi connectivity index (χ4v) is 5.35. The maximum absolute atomic E-state index is 14.7. The zero-order valence-corrected chi connectivity index (χ0v) is 26.4. The molecule has 0 spiro atoms. The maximum atomic E-state index is 14.7. The summed E-state index contributed by atoms with van der Waals surface area (Å²) in [5.74, 6) is -0.254. The van der Waals surface area contributed by atoms with E-state index in [9.17, 15) is 18.4 Å². The van der Waals surface area contributed by atoms with Crippen molar-refractivity contribution in [2.45, 2.75) is 38.1 Å². The lowest BCUT2D eigenvalue weighted by molar-refractivity contribution is -0.141. The number of alkyl halides is 1. The molecule has 240 valence electrons. The van der Waals surface area contributed by atoms with Gasteiger partial charge in [-0.2, -0.15) is 4.98 Å². The first-order valence-electron chi connectivity index (χ1n) is 14.0. The van der Waals surface area contributed by atoms with Crippen LogP contribution in [0.15, 0.2) is 49.2 Å². The molecule has 1 fully saturated rings. The molecule has 1 aliphatic rings. The first kappa shape index (κ1) is 33.4. The van der Waals surface area contributed by atoms with Crippen LogP contribution in [0.4, 0.5) is 43.3 Å². The van der Waals surface area contributed by atoms with Crippen molar-refractivity contribution in [3.63, 3.8) is 0 Å². The monoisotopic (exact) mass is 643 g/mol. The number of ether oxygens (including phenoxy) is 2. The van der Waals surface area contributed by atoms with Crippen LogP contribution in [-0.2, 0) is 19.9 Å². The summed E-state index contributed by atoms with van der Waals surface area (Å²) in [5, 5.41) is 8.89. The number of rotatable bonds is 13. The normalized spacial score (nSPS) is 16.3. The van der Waals surface area contributed by atoms with Gasteiger partial charge in [-0.15, -0.1) is 0 Å². The zero-order valence-electron chi connectivity index (χ0n) is 25.7. The molecule has 0 radical (unpaired) electrons. The summed E-state index contributed by atoms with van der Waals surface area (Å²) in [5.41, 5.74) is 0.931. The summed E-state index contributed by atoms with van der Waals surface area (Å²) in [4.78, 5) is 36.3. The lowest BCUT2D eigenvalue weighted by Crippen LogP contribution is -2.38. The lowest BCUT2D eigenvalue weighted by Gasteiger charge is -2.31. The van der Waals surface area contributed by atoms with Crippen LogP contribution in [-0.4, -0.2) is 73.8 Å². The highest BCUT2D eigenvalue weighted by Crippen LogP contribution is 2.41. The third kappa shape index (κ3) is 7.97. The summed E-state index contributed by atoms with van der Waals surface area (Å²) in [7, 11) is 5.34. The van der Waals surface area contributed by atoms with Gasteiger partial charge in [0.2, 0.25) is 11.9 Å². The van der Waals surface area contributed by atoms with Crippen molar-refractivity contribution < 1.29 is 27.8 Å². The van der Waals surface area contributed by atoms with Crippen LogP contribution < -0.4 is 25.6 Å². The molecule has 14 heteroatoms. The van der Waals surface area contributed by atoms with Gasteiger partial charge < -0.3 is 35.2 Å². The van der Waals surface area contributed by atoms with Crippen molar-refractivity contribution >= 4 is 58.5 Å². The predicted octanol–water partition coefficient (Wildman–Crippen LogP) is 5.78. The molecule has 3 aromatic rings. The van der Waals surface area contributed by atoms with E-state index in [0.717, 1.165) is 6.08 Å². The third-order valence-electron chi connectivity index (χ3n) is 7.23. The quantitative estimate of drug-likeness (QED) is 0.156. The van der Waals surface area contributed by atoms with Gasteiger partial charge in [-0.05, 0) is 58.3 Å². The average Bonchev–Trinajstić information content (AvgIpc) is 3.33. The van der Waals surface area contributed by atoms with E-state index in [1.807, 2.05) is 23.9 Å². The number of likely N-dealkylation sites (N-methyl/N-ethyl adjacent to an activating group) is 1. The van der Waals surface area contributed by atoms with Crippen molar-refractivity contribution in [3.05, 3.63) is 65.6 Å². The molecule has 2 heterocycles. The number of hydrogen-bond donors (Lipinski definition) is 3. The van der Waals surface area contributed by atoms with Gasteiger partial charge in [-0.3, -0.25) is 9.59 Å². The number of amides is 1. The molecule has 3 N–H and O–H groups in total. The van der Waals surface area contributed by atoms with E-state index < -0.39 is 23.5 Å². The smallest absolute Gasteiger partial charge is 0.293 e. The summed E-state index contributed by atoms with van der Waals surface area (Å²) in [6.07, 6.45) is 1.96. The Balaban J connectivity index is 1.70. The van der Waals surface area contributed by atoms with Crippen LogP contribution in [0.1, 0.15) is 25.8 Å². The summed E-state index contributed by atoms with van der Waals surface area (Å²) in [6, 6.07) is 7.41. The number of anilines is 6. The standard InChI is InChI=1S/C31H36ClF2N7O4/c1-7-29(43)37-24-13-25(27(44-6)14-26(24)41-15-18(33)10-19(41)16-40(4)5)38-30-35-9-8-28(39-30)36-23-12-21(32)22(34)11-20(23)31(2,3)45-17-42/h7-9,11-14,17-19H,1,10,15-16H2,2-6H3,(H,37,43)(H2,35,36,38,39)/t18-,19-/m1/s1. The van der Waals surface area contributed by atoms with Gasteiger partial charge in [-0.1, -0.05) is 18.2 Å². The molecule has 11 nitrogen and oxygen atoms in total. The number of nitrogens with one attached hydrogen (secondary N) is 3. The number of nitrogens with zero attached hydrogens (tertiary/aromatic N) is 4. The van der Waals surface area contributed by atoms with Gasteiger partial charge in [-0.25, -0.2) is 13.8 Å². The Labute approximate surface area is 265 Å². The second-order valence-electron chi connectivity index (χ2n) is 11.2. The number of hydrogen-bond acceptors (Lipinski definition) is 10. The number of aromatic nitrogens is 2. The molecule has 1 saturated heterocycles. The Morgan fingerprint density at radius 2 is 1.98 bits per heavy atom. The molecule has 1 amide bonds. The number of halogens is 3. The highest BCUT2D eigenvalue weighted by atomic mass is 35.5. The minimum Gasteiger partial charge on any atom is -0.494 e. The molecule has 1 aromatic heterocycles. The fraction of sp³-hybridized carbons (Fsp3) is 0.355. The summed E-state index contributed by atoms with van der Waals surface area (Å²) < 4.78 is 39.9. The van der Waals surface area contributed by atoms with Gasteiger partial charge in [0.15, 0.2) is 0 Å². The molecular formula is C31H36ClF2N7O4. The van der Waals surface area contributed by atoms with E-state index in [1.165, 1.54) is 25.4 Å². The maximum Gasteiger partial charge on any atom is 0.293 e. The highest BCUT2D eigenvalue weighted by molar-refractivity contribution is 6.31. The van der Waals surface area contributed by atoms with Crippen LogP contribution in [0.2, 0.25) is 5.02 Å². The van der Waals surface area contributed by atoms with Crippen molar-refractivity contribution in [1.29, 1.82) is 0 Å². The van der Waals surface area contributed by atoms with Gasteiger partial charge >= 0.3 is 0 Å². The lowest BCUT2D eigenvalue weighted by atomic mass is 9.95. The van der Waals surface area contributed by atoms with Crippen LogP contribution in [0.5, 0.6) is 5.75 Å². The van der Waals surface area contributed by atoms with E-state index in [4.69, 9.17) is 21.1 Å². The highest BCUT2D eigenvalue weighted by Gasteiger charge is 2.34. The predicted molar refractivity (Wildman–Crippen MR) is 171 cm³/mol. The van der Waals surface area contributed by atoms with Crippen LogP contribution in [0.3, 0.4) is 0 Å². The fourth-order valence-electron chi connectivity index (χ4n) is 5.19. The van der Waals surface area contributed by atoms with Crippen LogP contribution in [0, 0.1) is 5.82 Å². The van der Waals surface area contributed by atoms with Gasteiger partial charge in [0, 0.05) is 49.1 Å². The van der Waals surface area contributed by atoms with Crippen molar-refractivity contribution in [1.82, 2.24) is 14.9 Å². The molecule has 0 saturated carbocycles. The van der Waals surface area contributed by atoms with Gasteiger partial charge in [0.25, 0.3) is 6.47 Å². The van der Waals surface area contributed by atoms with Crippen molar-refractivity contribution in [3.8, 4) is 5.75 Å². The Morgan fingerprint density at radius 3 is 2.64 bits per heavy atom. The van der Waals surface area contributed by atoms with E-state index in [1.54, 1.807) is 32.0 Å². The molecule has 1 aliphatic heterocycles. The van der Waals surface area contributed by atoms with E-state index in [2.05, 4.69) is 32.5 Å². The molecule has 0 bridgehead atoms. The zero-order chi connectivity index (χ0) is 32.9. The average molecular weight is 644 g/mol. The molecule has 0 unspecified atom stereocenters. The second-order valence-corrected chi connectivity index (χ2v) is 11.6. The van der Waals surface area contributed by atoms with Crippen LogP contribution in [0.25, 0.3) is 0 Å². The Morgan fingerprint density at radius 1 is 1.22 bits per heavy atom.